The number of methoxy groups -OCH3 is 1. The fourth-order valence-corrected chi connectivity index (χ4v) is 4.84. The molecule has 1 aromatic heterocycles. The minimum Gasteiger partial charge on any atom is -0.490 e. The summed E-state index contributed by atoms with van der Waals surface area (Å²) in [5, 5.41) is 21.2. The number of nitrogens with zero attached hydrogens (tertiary/aromatic N) is 2. The lowest BCUT2D eigenvalue weighted by Gasteiger charge is -2.28. The molecule has 212 valence electrons. The first-order valence-electron chi connectivity index (χ1n) is 13.1. The minimum absolute atomic E-state index is 0.108. The van der Waals surface area contributed by atoms with Gasteiger partial charge in [-0.2, -0.15) is 5.10 Å². The van der Waals surface area contributed by atoms with Crippen molar-refractivity contribution < 1.29 is 28.9 Å². The highest BCUT2D eigenvalue weighted by Gasteiger charge is 2.32. The van der Waals surface area contributed by atoms with E-state index in [1.165, 1.54) is 7.11 Å². The number of urea groups is 1. The lowest BCUT2D eigenvalue weighted by atomic mass is 9.95. The highest BCUT2D eigenvalue weighted by molar-refractivity contribution is 6.01. The Morgan fingerprint density at radius 3 is 2.67 bits per heavy atom. The molecule has 0 bridgehead atoms. The van der Waals surface area contributed by atoms with Crippen molar-refractivity contribution in [2.75, 3.05) is 20.3 Å². The number of aromatic nitrogens is 1. The SMILES string of the molecule is CCOc1cc([C@H]2NC(=O)NC(C)=C2C(=O)OC)ccc1OC[C@H](O)N/N=C/c1c(C)n(CC)c2ccccc12. The Kier molecular flexibility index (Phi) is 8.95. The standard InChI is InChI=1S/C29H35N5O6/c1-6-34-18(4)21(20-10-8-9-11-22(20)34)15-30-33-25(35)16-40-23-13-12-19(14-24(23)39-7-2)27-26(28(36)38-5)17(3)31-29(37)32-27/h8-15,25,27,33,35H,6-7,16H2,1-5H3,(H2,31,32,37)/b30-15+/t25-,27+/m0/s1. The average Bonchev–Trinajstić information content (AvgIpc) is 3.21. The number of hydrogen-bond donors (Lipinski definition) is 4. The Hall–Kier alpha value is -4.51. The summed E-state index contributed by atoms with van der Waals surface area (Å²) in [5.41, 5.74) is 7.21. The van der Waals surface area contributed by atoms with Crippen LogP contribution >= 0.6 is 0 Å². The van der Waals surface area contributed by atoms with E-state index < -0.39 is 24.3 Å². The number of ether oxygens (including phenoxy) is 3. The Balaban J connectivity index is 1.46. The van der Waals surface area contributed by atoms with Gasteiger partial charge in [-0.15, -0.1) is 0 Å². The van der Waals surface area contributed by atoms with Gasteiger partial charge in [0, 0.05) is 34.4 Å². The molecule has 0 saturated carbocycles. The van der Waals surface area contributed by atoms with Gasteiger partial charge in [-0.1, -0.05) is 24.3 Å². The predicted octanol–water partition coefficient (Wildman–Crippen LogP) is 3.49. The van der Waals surface area contributed by atoms with Gasteiger partial charge in [0.05, 0.1) is 31.5 Å². The maximum absolute atomic E-state index is 12.4. The fraction of sp³-hybridized carbons (Fsp3) is 0.345. The number of aliphatic hydroxyl groups is 1. The Morgan fingerprint density at radius 2 is 1.95 bits per heavy atom. The van der Waals surface area contributed by atoms with E-state index in [0.29, 0.717) is 29.4 Å². The summed E-state index contributed by atoms with van der Waals surface area (Å²) in [4.78, 5) is 24.6. The number of benzene rings is 2. The third kappa shape index (κ3) is 5.89. The van der Waals surface area contributed by atoms with Gasteiger partial charge in [0.25, 0.3) is 0 Å². The van der Waals surface area contributed by atoms with Crippen molar-refractivity contribution in [3.63, 3.8) is 0 Å². The molecule has 11 heteroatoms. The number of amides is 2. The molecule has 0 spiro atoms. The maximum Gasteiger partial charge on any atom is 0.337 e. The van der Waals surface area contributed by atoms with Crippen molar-refractivity contribution in [2.24, 2.45) is 5.10 Å². The third-order valence-electron chi connectivity index (χ3n) is 6.69. The number of fused-ring (bicyclic) bond motifs is 1. The number of nitrogens with one attached hydrogen (secondary N) is 3. The summed E-state index contributed by atoms with van der Waals surface area (Å²) in [6.45, 7) is 8.70. The minimum atomic E-state index is -1.09. The second-order valence-corrected chi connectivity index (χ2v) is 9.18. The van der Waals surface area contributed by atoms with Crippen LogP contribution in [0.1, 0.15) is 43.6 Å². The van der Waals surface area contributed by atoms with Crippen molar-refractivity contribution in [1.82, 2.24) is 20.6 Å². The van der Waals surface area contributed by atoms with Crippen LogP contribution in [0.2, 0.25) is 0 Å². The number of allylic oxidation sites excluding steroid dienone is 1. The fourth-order valence-electron chi connectivity index (χ4n) is 4.84. The van der Waals surface area contributed by atoms with E-state index in [2.05, 4.69) is 44.8 Å². The van der Waals surface area contributed by atoms with E-state index >= 15 is 0 Å². The summed E-state index contributed by atoms with van der Waals surface area (Å²) in [6, 6.07) is 12.0. The Bertz CT molecular complexity index is 1460. The molecule has 1 aliphatic heterocycles. The van der Waals surface area contributed by atoms with Crippen molar-refractivity contribution >= 4 is 29.1 Å². The number of carbonyl (C=O) groups is 2. The van der Waals surface area contributed by atoms with Gasteiger partial charge in [-0.3, -0.25) is 5.43 Å². The van der Waals surface area contributed by atoms with Crippen LogP contribution in [0.25, 0.3) is 10.9 Å². The topological polar surface area (TPSA) is 135 Å². The number of rotatable bonds is 11. The molecular formula is C29H35N5O6. The monoisotopic (exact) mass is 549 g/mol. The van der Waals surface area contributed by atoms with Crippen molar-refractivity contribution in [1.29, 1.82) is 0 Å². The highest BCUT2D eigenvalue weighted by Crippen LogP contribution is 2.35. The van der Waals surface area contributed by atoms with Gasteiger partial charge in [0.15, 0.2) is 17.7 Å². The van der Waals surface area contributed by atoms with Gasteiger partial charge < -0.3 is 34.5 Å². The molecule has 1 aliphatic rings. The van der Waals surface area contributed by atoms with Crippen molar-refractivity contribution in [3.05, 3.63) is 70.6 Å². The lowest BCUT2D eigenvalue weighted by molar-refractivity contribution is -0.136. The zero-order chi connectivity index (χ0) is 28.8. The Morgan fingerprint density at radius 1 is 1.18 bits per heavy atom. The van der Waals surface area contributed by atoms with Crippen LogP contribution in [0.3, 0.4) is 0 Å². The van der Waals surface area contributed by atoms with Crippen LogP contribution in [0.15, 0.2) is 58.8 Å². The van der Waals surface area contributed by atoms with Gasteiger partial charge in [-0.25, -0.2) is 9.59 Å². The summed E-state index contributed by atoms with van der Waals surface area (Å²) >= 11 is 0. The van der Waals surface area contributed by atoms with Crippen LogP contribution in [0.5, 0.6) is 11.5 Å². The number of aryl methyl sites for hydroxylation is 1. The van der Waals surface area contributed by atoms with Crippen molar-refractivity contribution in [3.8, 4) is 11.5 Å². The van der Waals surface area contributed by atoms with Gasteiger partial charge in [0.2, 0.25) is 0 Å². The lowest BCUT2D eigenvalue weighted by Crippen LogP contribution is -2.45. The molecule has 0 fully saturated rings. The molecule has 2 heterocycles. The largest absolute Gasteiger partial charge is 0.490 e. The molecule has 0 unspecified atom stereocenters. The number of esters is 1. The zero-order valence-corrected chi connectivity index (χ0v) is 23.3. The molecule has 0 radical (unpaired) electrons. The second kappa shape index (κ2) is 12.6. The first-order valence-corrected chi connectivity index (χ1v) is 13.1. The van der Waals surface area contributed by atoms with Gasteiger partial charge in [-0.05, 0) is 51.5 Å². The summed E-state index contributed by atoms with van der Waals surface area (Å²) in [5.74, 6) is 0.226. The van der Waals surface area contributed by atoms with E-state index in [4.69, 9.17) is 14.2 Å². The first-order chi connectivity index (χ1) is 19.3. The molecule has 11 nitrogen and oxygen atoms in total. The average molecular weight is 550 g/mol. The van der Waals surface area contributed by atoms with Gasteiger partial charge in [0.1, 0.15) is 6.61 Å². The molecule has 2 amide bonds. The number of hydrogen-bond acceptors (Lipinski definition) is 8. The van der Waals surface area contributed by atoms with Crippen LogP contribution in [0.4, 0.5) is 4.79 Å². The second-order valence-electron chi connectivity index (χ2n) is 9.18. The predicted molar refractivity (Wildman–Crippen MR) is 151 cm³/mol. The molecular weight excluding hydrogens is 514 g/mol. The van der Waals surface area contributed by atoms with E-state index in [-0.39, 0.29) is 12.2 Å². The van der Waals surface area contributed by atoms with Crippen LogP contribution < -0.4 is 25.5 Å². The van der Waals surface area contributed by atoms with Crippen molar-refractivity contribution in [2.45, 2.75) is 46.5 Å². The molecule has 2 atom stereocenters. The molecule has 4 rings (SSSR count). The zero-order valence-electron chi connectivity index (χ0n) is 23.3. The van der Waals surface area contributed by atoms with E-state index in [1.807, 2.05) is 26.0 Å². The molecule has 40 heavy (non-hydrogen) atoms. The smallest absolute Gasteiger partial charge is 0.337 e. The molecule has 2 aromatic carbocycles. The number of hydrazone groups is 1. The molecule has 0 saturated heterocycles. The summed E-state index contributed by atoms with van der Waals surface area (Å²) in [6.07, 6.45) is 0.611. The number of para-hydroxylation sites is 1. The summed E-state index contributed by atoms with van der Waals surface area (Å²) in [7, 11) is 1.28. The normalized spacial score (nSPS) is 16.1. The third-order valence-corrected chi connectivity index (χ3v) is 6.69. The summed E-state index contributed by atoms with van der Waals surface area (Å²) < 4.78 is 18.7. The first kappa shape index (κ1) is 28.5. The Labute approximate surface area is 232 Å². The van der Waals surface area contributed by atoms with Crippen LogP contribution in [-0.4, -0.2) is 54.4 Å². The molecule has 4 N–H and O–H groups in total. The molecule has 3 aromatic rings. The maximum atomic E-state index is 12.4. The number of carbonyl (C=O) groups excluding carboxylic acids is 2. The quantitative estimate of drug-likeness (QED) is 0.124. The number of aliphatic hydroxyl groups excluding tert-OH is 1. The van der Waals surface area contributed by atoms with Crippen LogP contribution in [-0.2, 0) is 16.1 Å². The molecule has 0 aliphatic carbocycles. The van der Waals surface area contributed by atoms with Gasteiger partial charge >= 0.3 is 12.0 Å². The van der Waals surface area contributed by atoms with E-state index in [9.17, 15) is 14.7 Å². The highest BCUT2D eigenvalue weighted by atomic mass is 16.5. The van der Waals surface area contributed by atoms with E-state index in [0.717, 1.165) is 28.7 Å². The van der Waals surface area contributed by atoms with Crippen LogP contribution in [0, 0.1) is 6.92 Å². The van der Waals surface area contributed by atoms with E-state index in [1.54, 1.807) is 31.3 Å².